The molecule has 2 fully saturated rings. The Labute approximate surface area is 160 Å². The summed E-state index contributed by atoms with van der Waals surface area (Å²) in [6, 6.07) is 7.75. The van der Waals surface area contributed by atoms with Gasteiger partial charge in [0, 0.05) is 31.5 Å². The Morgan fingerprint density at radius 1 is 1.22 bits per heavy atom. The smallest absolute Gasteiger partial charge is 0.253 e. The zero-order valence-corrected chi connectivity index (χ0v) is 15.9. The summed E-state index contributed by atoms with van der Waals surface area (Å²) in [5.41, 5.74) is 1.93. The number of likely N-dealkylation sites (N-methyl/N-ethyl adjacent to an activating group) is 1. The molecule has 1 saturated heterocycles. The van der Waals surface area contributed by atoms with Crippen LogP contribution in [-0.4, -0.2) is 62.6 Å². The number of benzene rings is 1. The molecule has 0 unspecified atom stereocenters. The monoisotopic (exact) mass is 368 g/mol. The molecule has 1 aliphatic carbocycles. The highest BCUT2D eigenvalue weighted by atomic mass is 16.3. The third kappa shape index (κ3) is 3.77. The molecule has 0 radical (unpaired) electrons. The number of nitrogens with zero attached hydrogens (tertiary/aromatic N) is 4. The van der Waals surface area contributed by atoms with E-state index in [4.69, 9.17) is 0 Å². The molecule has 2 aromatic rings. The number of likely N-dealkylation sites (tertiary alicyclic amines) is 1. The summed E-state index contributed by atoms with van der Waals surface area (Å²) in [5.74, 6) is -0.0296. The summed E-state index contributed by atoms with van der Waals surface area (Å²) >= 11 is 0. The van der Waals surface area contributed by atoms with Crippen LogP contribution in [0, 0.1) is 0 Å². The average Bonchev–Trinajstić information content (AvgIpc) is 3.43. The molecule has 0 spiro atoms. The molecule has 4 rings (SSSR count). The zero-order valence-electron chi connectivity index (χ0n) is 15.9. The Bertz CT molecular complexity index is 753. The van der Waals surface area contributed by atoms with Gasteiger partial charge in [0.1, 0.15) is 0 Å². The number of aliphatic hydroxyl groups excluding tert-OH is 1. The summed E-state index contributed by atoms with van der Waals surface area (Å²) in [6.45, 7) is 3.29. The molecule has 6 heteroatoms. The third-order valence-corrected chi connectivity index (χ3v) is 6.08. The molecule has 3 atom stereocenters. The lowest BCUT2D eigenvalue weighted by molar-refractivity contribution is 0.0443. The number of hydrogen-bond donors (Lipinski definition) is 1. The van der Waals surface area contributed by atoms with Crippen LogP contribution in [0.5, 0.6) is 0 Å². The maximum absolute atomic E-state index is 12.9. The molecule has 1 aromatic heterocycles. The first kappa shape index (κ1) is 18.2. The highest BCUT2D eigenvalue weighted by molar-refractivity contribution is 5.94. The Kier molecular flexibility index (Phi) is 5.27. The van der Waals surface area contributed by atoms with Crippen LogP contribution in [-0.2, 0) is 6.54 Å². The van der Waals surface area contributed by atoms with E-state index in [2.05, 4.69) is 22.0 Å². The second kappa shape index (κ2) is 7.82. The average molecular weight is 368 g/mol. The molecule has 2 heterocycles. The van der Waals surface area contributed by atoms with E-state index in [9.17, 15) is 9.90 Å². The van der Waals surface area contributed by atoms with Crippen molar-refractivity contribution >= 4 is 5.91 Å². The van der Waals surface area contributed by atoms with Crippen LogP contribution in [0.2, 0.25) is 0 Å². The molecule has 6 nitrogen and oxygen atoms in total. The molecule has 1 aliphatic heterocycles. The fourth-order valence-corrected chi connectivity index (χ4v) is 4.46. The van der Waals surface area contributed by atoms with E-state index in [1.54, 1.807) is 24.5 Å². The first-order valence-corrected chi connectivity index (χ1v) is 9.87. The SMILES string of the molecule is CN(C(=O)c1ccc(CN2CCCC2)cc1)[C@@H]1CC[C@@H](n2ccnc2)[C@@H]1O. The van der Waals surface area contributed by atoms with Gasteiger partial charge < -0.3 is 14.6 Å². The first-order chi connectivity index (χ1) is 13.1. The molecule has 27 heavy (non-hydrogen) atoms. The van der Waals surface area contributed by atoms with E-state index < -0.39 is 6.10 Å². The van der Waals surface area contributed by atoms with Crippen LogP contribution in [0.15, 0.2) is 43.0 Å². The van der Waals surface area contributed by atoms with Crippen LogP contribution >= 0.6 is 0 Å². The Morgan fingerprint density at radius 3 is 2.63 bits per heavy atom. The fraction of sp³-hybridized carbons (Fsp3) is 0.524. The van der Waals surface area contributed by atoms with Crippen LogP contribution in [0.25, 0.3) is 0 Å². The number of imidazole rings is 1. The number of aliphatic hydroxyl groups is 1. The predicted octanol–water partition coefficient (Wildman–Crippen LogP) is 2.32. The molecule has 1 aromatic carbocycles. The zero-order chi connectivity index (χ0) is 18.8. The van der Waals surface area contributed by atoms with E-state index in [-0.39, 0.29) is 18.0 Å². The lowest BCUT2D eigenvalue weighted by Crippen LogP contribution is -2.43. The van der Waals surface area contributed by atoms with Crippen molar-refractivity contribution in [3.05, 3.63) is 54.1 Å². The lowest BCUT2D eigenvalue weighted by atomic mass is 10.1. The van der Waals surface area contributed by atoms with Crippen molar-refractivity contribution in [1.82, 2.24) is 19.4 Å². The van der Waals surface area contributed by atoms with Gasteiger partial charge in [0.2, 0.25) is 0 Å². The van der Waals surface area contributed by atoms with Gasteiger partial charge in [-0.05, 0) is 56.5 Å². The van der Waals surface area contributed by atoms with Crippen LogP contribution in [0.1, 0.15) is 47.6 Å². The number of rotatable bonds is 5. The summed E-state index contributed by atoms with van der Waals surface area (Å²) < 4.78 is 1.94. The van der Waals surface area contributed by atoms with E-state index in [0.29, 0.717) is 5.56 Å². The summed E-state index contributed by atoms with van der Waals surface area (Å²) in [7, 11) is 1.80. The highest BCUT2D eigenvalue weighted by Gasteiger charge is 2.39. The van der Waals surface area contributed by atoms with Gasteiger partial charge in [-0.25, -0.2) is 4.98 Å². The minimum Gasteiger partial charge on any atom is -0.389 e. The van der Waals surface area contributed by atoms with Crippen molar-refractivity contribution in [3.8, 4) is 0 Å². The number of hydrogen-bond acceptors (Lipinski definition) is 4. The third-order valence-electron chi connectivity index (χ3n) is 6.08. The molecular weight excluding hydrogens is 340 g/mol. The largest absolute Gasteiger partial charge is 0.389 e. The van der Waals surface area contributed by atoms with Crippen LogP contribution in [0.3, 0.4) is 0 Å². The summed E-state index contributed by atoms with van der Waals surface area (Å²) in [6.07, 6.45) is 8.94. The minimum atomic E-state index is -0.581. The standard InChI is InChI=1S/C21H28N4O2/c1-23(18-8-9-19(20(18)26)25-13-10-22-15-25)21(27)17-6-4-16(5-7-17)14-24-11-2-3-12-24/h4-7,10,13,15,18-20,26H,2-3,8-9,11-12,14H2,1H3/t18-,19-,20-/m1/s1. The van der Waals surface area contributed by atoms with Gasteiger partial charge in [-0.15, -0.1) is 0 Å². The van der Waals surface area contributed by atoms with Gasteiger partial charge >= 0.3 is 0 Å². The molecule has 1 N–H and O–H groups in total. The molecule has 0 bridgehead atoms. The van der Waals surface area contributed by atoms with Crippen molar-refractivity contribution < 1.29 is 9.90 Å². The molecular formula is C21H28N4O2. The van der Waals surface area contributed by atoms with Gasteiger partial charge in [-0.1, -0.05) is 12.1 Å². The number of aromatic nitrogens is 2. The van der Waals surface area contributed by atoms with Gasteiger partial charge in [0.25, 0.3) is 5.91 Å². The Hall–Kier alpha value is -2.18. The normalized spacial score (nSPS) is 25.8. The number of carbonyl (C=O) groups excluding carboxylic acids is 1. The first-order valence-electron chi connectivity index (χ1n) is 9.87. The van der Waals surface area contributed by atoms with Gasteiger partial charge in [-0.3, -0.25) is 9.69 Å². The minimum absolute atomic E-state index is 0.0180. The predicted molar refractivity (Wildman–Crippen MR) is 103 cm³/mol. The van der Waals surface area contributed by atoms with Crippen molar-refractivity contribution in [3.63, 3.8) is 0 Å². The van der Waals surface area contributed by atoms with Crippen LogP contribution in [0.4, 0.5) is 0 Å². The quantitative estimate of drug-likeness (QED) is 0.880. The van der Waals surface area contributed by atoms with Crippen molar-refractivity contribution in [2.75, 3.05) is 20.1 Å². The van der Waals surface area contributed by atoms with Crippen molar-refractivity contribution in [2.24, 2.45) is 0 Å². The molecule has 1 saturated carbocycles. The number of carbonyl (C=O) groups is 1. The second-order valence-electron chi connectivity index (χ2n) is 7.81. The fourth-order valence-electron chi connectivity index (χ4n) is 4.46. The Morgan fingerprint density at radius 2 is 1.96 bits per heavy atom. The molecule has 1 amide bonds. The molecule has 2 aliphatic rings. The van der Waals surface area contributed by atoms with Gasteiger partial charge in [0.15, 0.2) is 0 Å². The maximum atomic E-state index is 12.9. The van der Waals surface area contributed by atoms with E-state index in [1.807, 2.05) is 22.9 Å². The second-order valence-corrected chi connectivity index (χ2v) is 7.81. The highest BCUT2D eigenvalue weighted by Crippen LogP contribution is 2.33. The lowest BCUT2D eigenvalue weighted by Gasteiger charge is -2.29. The maximum Gasteiger partial charge on any atom is 0.253 e. The van der Waals surface area contributed by atoms with E-state index in [0.717, 1.165) is 19.4 Å². The summed E-state index contributed by atoms with van der Waals surface area (Å²) in [5, 5.41) is 10.7. The Balaban J connectivity index is 1.40. The topological polar surface area (TPSA) is 61.6 Å². The summed E-state index contributed by atoms with van der Waals surface area (Å²) in [4.78, 5) is 21.1. The van der Waals surface area contributed by atoms with Gasteiger partial charge in [-0.2, -0.15) is 0 Å². The van der Waals surface area contributed by atoms with E-state index >= 15 is 0 Å². The number of amides is 1. The van der Waals surface area contributed by atoms with Gasteiger partial charge in [0.05, 0.1) is 24.5 Å². The molecule has 144 valence electrons. The van der Waals surface area contributed by atoms with Crippen molar-refractivity contribution in [2.45, 2.75) is 50.4 Å². The van der Waals surface area contributed by atoms with Crippen molar-refractivity contribution in [1.29, 1.82) is 0 Å². The van der Waals surface area contributed by atoms with Crippen LogP contribution < -0.4 is 0 Å². The van der Waals surface area contributed by atoms with E-state index in [1.165, 1.54) is 31.5 Å².